The number of hydrogen-bond donors (Lipinski definition) is 0. The Morgan fingerprint density at radius 2 is 1.71 bits per heavy atom. The van der Waals surface area contributed by atoms with Gasteiger partial charge in [-0.25, -0.2) is 8.42 Å². The molecule has 2 aromatic carbocycles. The van der Waals surface area contributed by atoms with E-state index in [1.165, 1.54) is 6.07 Å². The Kier molecular flexibility index (Phi) is 5.31. The van der Waals surface area contributed by atoms with Crippen LogP contribution in [-0.2, 0) is 10.0 Å². The summed E-state index contributed by atoms with van der Waals surface area (Å²) < 4.78 is 65.8. The molecule has 0 saturated heterocycles. The number of benzene rings is 2. The topological polar surface area (TPSA) is 80.5 Å². The second-order valence-electron chi connectivity index (χ2n) is 5.82. The average Bonchev–Trinajstić information content (AvgIpc) is 3.04. The Labute approximate surface area is 162 Å². The molecule has 0 atom stereocenters. The van der Waals surface area contributed by atoms with Crippen LogP contribution in [0.25, 0.3) is 10.1 Å². The van der Waals surface area contributed by atoms with E-state index in [0.29, 0.717) is 9.69 Å². The lowest BCUT2D eigenvalue weighted by Gasteiger charge is -2.23. The summed E-state index contributed by atoms with van der Waals surface area (Å²) in [4.78, 5) is 9.74. The van der Waals surface area contributed by atoms with E-state index in [1.807, 2.05) is 0 Å². The number of halogens is 3. The number of non-ortho nitro benzene ring substituents is 1. The molecule has 0 bridgehead atoms. The van der Waals surface area contributed by atoms with Crippen LogP contribution in [0.1, 0.15) is 6.42 Å². The number of alkyl halides is 3. The number of anilines is 1. The Morgan fingerprint density at radius 1 is 1.07 bits per heavy atom. The molecule has 0 saturated carbocycles. The van der Waals surface area contributed by atoms with Gasteiger partial charge in [-0.05, 0) is 29.7 Å². The molecule has 0 aliphatic carbocycles. The van der Waals surface area contributed by atoms with Gasteiger partial charge in [-0.2, -0.15) is 13.2 Å². The minimum Gasteiger partial charge on any atom is -0.258 e. The minimum atomic E-state index is -4.54. The molecular formula is C17H13F3N2O4S2. The van der Waals surface area contributed by atoms with Gasteiger partial charge in [0.15, 0.2) is 0 Å². The summed E-state index contributed by atoms with van der Waals surface area (Å²) in [5.41, 5.74) is -0.317. The molecule has 148 valence electrons. The van der Waals surface area contributed by atoms with Crippen molar-refractivity contribution in [3.8, 4) is 0 Å². The lowest BCUT2D eigenvalue weighted by molar-refractivity contribution is -0.384. The van der Waals surface area contributed by atoms with Crippen LogP contribution >= 0.6 is 11.3 Å². The Bertz CT molecular complexity index is 1080. The number of fused-ring (bicyclic) bond motifs is 1. The highest BCUT2D eigenvalue weighted by Gasteiger charge is 2.33. The molecule has 6 nitrogen and oxygen atoms in total. The van der Waals surface area contributed by atoms with Gasteiger partial charge in [-0.3, -0.25) is 14.4 Å². The summed E-state index contributed by atoms with van der Waals surface area (Å²) >= 11 is 1.06. The van der Waals surface area contributed by atoms with E-state index in [2.05, 4.69) is 0 Å². The van der Waals surface area contributed by atoms with Gasteiger partial charge in [0.2, 0.25) is 0 Å². The van der Waals surface area contributed by atoms with Crippen molar-refractivity contribution in [2.24, 2.45) is 0 Å². The van der Waals surface area contributed by atoms with Gasteiger partial charge < -0.3 is 0 Å². The normalized spacial score (nSPS) is 12.2. The summed E-state index contributed by atoms with van der Waals surface area (Å²) in [6.45, 7) is -0.796. The van der Waals surface area contributed by atoms with Crippen LogP contribution in [0.4, 0.5) is 23.9 Å². The molecule has 0 amide bonds. The second kappa shape index (κ2) is 7.40. The van der Waals surface area contributed by atoms with E-state index in [4.69, 9.17) is 0 Å². The molecule has 0 fully saturated rings. The molecule has 1 heterocycles. The average molecular weight is 430 g/mol. The first kappa shape index (κ1) is 20.1. The molecule has 28 heavy (non-hydrogen) atoms. The van der Waals surface area contributed by atoms with Crippen LogP contribution in [-0.4, -0.2) is 26.1 Å². The Hall–Kier alpha value is -2.66. The highest BCUT2D eigenvalue weighted by molar-refractivity contribution is 7.93. The van der Waals surface area contributed by atoms with Gasteiger partial charge in [0.25, 0.3) is 15.7 Å². The van der Waals surface area contributed by atoms with Gasteiger partial charge in [-0.1, -0.05) is 18.2 Å². The van der Waals surface area contributed by atoms with Crippen LogP contribution in [0.5, 0.6) is 0 Å². The third-order valence-corrected chi connectivity index (χ3v) is 6.97. The van der Waals surface area contributed by atoms with Crippen molar-refractivity contribution in [1.82, 2.24) is 0 Å². The first-order chi connectivity index (χ1) is 13.1. The molecule has 0 aliphatic heterocycles. The summed E-state index contributed by atoms with van der Waals surface area (Å²) in [6.07, 6.45) is -5.87. The van der Waals surface area contributed by atoms with Crippen LogP contribution in [0.3, 0.4) is 0 Å². The third-order valence-electron chi connectivity index (χ3n) is 3.89. The standard InChI is InChI=1S/C17H13F3N2O4S2/c18-17(19,20)9-10-21(16-11-12-3-1-2-4-15(12)27-16)28(25,26)14-7-5-13(6-8-14)22(23)24/h1-8,11H,9-10H2. The smallest absolute Gasteiger partial charge is 0.258 e. The lowest BCUT2D eigenvalue weighted by Crippen LogP contribution is -2.33. The highest BCUT2D eigenvalue weighted by atomic mass is 32.2. The molecule has 11 heteroatoms. The van der Waals surface area contributed by atoms with Crippen molar-refractivity contribution in [2.75, 3.05) is 10.8 Å². The van der Waals surface area contributed by atoms with Crippen LogP contribution in [0.15, 0.2) is 59.5 Å². The number of hydrogen-bond acceptors (Lipinski definition) is 5. The van der Waals surface area contributed by atoms with Crippen molar-refractivity contribution in [3.05, 3.63) is 64.7 Å². The molecule has 3 rings (SSSR count). The first-order valence-corrected chi connectivity index (χ1v) is 10.2. The van der Waals surface area contributed by atoms with Gasteiger partial charge in [0, 0.05) is 23.4 Å². The van der Waals surface area contributed by atoms with Crippen molar-refractivity contribution in [1.29, 1.82) is 0 Å². The summed E-state index contributed by atoms with van der Waals surface area (Å²) in [6, 6.07) is 12.5. The van der Waals surface area contributed by atoms with Crippen LogP contribution in [0, 0.1) is 10.1 Å². The van der Waals surface area contributed by atoms with Crippen molar-refractivity contribution < 1.29 is 26.5 Å². The van der Waals surface area contributed by atoms with Gasteiger partial charge in [0.05, 0.1) is 16.2 Å². The summed E-state index contributed by atoms with van der Waals surface area (Å²) in [5, 5.41) is 11.6. The summed E-state index contributed by atoms with van der Waals surface area (Å²) in [7, 11) is -4.35. The van der Waals surface area contributed by atoms with Crippen LogP contribution < -0.4 is 4.31 Å². The van der Waals surface area contributed by atoms with Crippen molar-refractivity contribution in [3.63, 3.8) is 0 Å². The maximum absolute atomic E-state index is 13.0. The Morgan fingerprint density at radius 3 is 2.29 bits per heavy atom. The largest absolute Gasteiger partial charge is 0.390 e. The second-order valence-corrected chi connectivity index (χ2v) is 8.74. The molecule has 0 radical (unpaired) electrons. The monoisotopic (exact) mass is 430 g/mol. The van der Waals surface area contributed by atoms with E-state index in [1.54, 1.807) is 24.3 Å². The van der Waals surface area contributed by atoms with E-state index < -0.39 is 34.1 Å². The van der Waals surface area contributed by atoms with E-state index in [-0.39, 0.29) is 15.6 Å². The summed E-state index contributed by atoms with van der Waals surface area (Å²) in [5.74, 6) is 0. The molecule has 3 aromatic rings. The minimum absolute atomic E-state index is 0.142. The third kappa shape index (κ3) is 4.25. The SMILES string of the molecule is O=[N+]([O-])c1ccc(S(=O)(=O)N(CCC(F)(F)F)c2cc3ccccc3s2)cc1. The predicted octanol–water partition coefficient (Wildman–Crippen LogP) is 4.96. The number of nitrogens with zero attached hydrogens (tertiary/aromatic N) is 2. The lowest BCUT2D eigenvalue weighted by atomic mass is 10.3. The number of rotatable bonds is 6. The number of nitro benzene ring substituents is 1. The fourth-order valence-electron chi connectivity index (χ4n) is 2.53. The molecule has 0 unspecified atom stereocenters. The predicted molar refractivity (Wildman–Crippen MR) is 100 cm³/mol. The molecular weight excluding hydrogens is 417 g/mol. The molecule has 0 aliphatic rings. The molecule has 0 spiro atoms. The zero-order valence-electron chi connectivity index (χ0n) is 14.1. The zero-order chi connectivity index (χ0) is 20.5. The fourth-order valence-corrected chi connectivity index (χ4v) is 5.29. The van der Waals surface area contributed by atoms with Crippen LogP contribution in [0.2, 0.25) is 0 Å². The van der Waals surface area contributed by atoms with Gasteiger partial charge in [-0.15, -0.1) is 11.3 Å². The zero-order valence-corrected chi connectivity index (χ0v) is 15.7. The van der Waals surface area contributed by atoms with E-state index in [0.717, 1.165) is 40.3 Å². The molecule has 1 aromatic heterocycles. The molecule has 0 N–H and O–H groups in total. The number of sulfonamides is 1. The van der Waals surface area contributed by atoms with E-state index >= 15 is 0 Å². The van der Waals surface area contributed by atoms with Gasteiger partial charge >= 0.3 is 6.18 Å². The maximum Gasteiger partial charge on any atom is 0.390 e. The number of nitro groups is 1. The fraction of sp³-hybridized carbons (Fsp3) is 0.176. The number of thiophene rings is 1. The van der Waals surface area contributed by atoms with Crippen molar-refractivity contribution >= 4 is 42.1 Å². The first-order valence-electron chi connectivity index (χ1n) is 7.90. The highest BCUT2D eigenvalue weighted by Crippen LogP contribution is 2.36. The van der Waals surface area contributed by atoms with Crippen molar-refractivity contribution in [2.45, 2.75) is 17.5 Å². The Balaban J connectivity index is 2.05. The van der Waals surface area contributed by atoms with E-state index in [9.17, 15) is 31.7 Å². The van der Waals surface area contributed by atoms with Gasteiger partial charge in [0.1, 0.15) is 5.00 Å². The maximum atomic E-state index is 13.0. The quantitative estimate of drug-likeness (QED) is 0.409.